The monoisotopic (exact) mass is 223 g/mol. The Morgan fingerprint density at radius 3 is 2.67 bits per heavy atom. The maximum absolute atomic E-state index is 9.78. The molecule has 0 saturated heterocycles. The fraction of sp³-hybridized carbons (Fsp3) is 0.364. The summed E-state index contributed by atoms with van der Waals surface area (Å²) in [4.78, 5) is 0. The number of rotatable bonds is 3. The maximum Gasteiger partial charge on any atom is 0.107 e. The van der Waals surface area contributed by atoms with E-state index in [1.807, 2.05) is 13.0 Å². The van der Waals surface area contributed by atoms with E-state index in [1.54, 1.807) is 18.2 Å². The summed E-state index contributed by atoms with van der Waals surface area (Å²) in [7, 11) is 0. The van der Waals surface area contributed by atoms with Gasteiger partial charge in [-0.3, -0.25) is 0 Å². The molecule has 0 aliphatic carbocycles. The first-order valence-electron chi connectivity index (χ1n) is 4.57. The molecule has 2 N–H and O–H groups in total. The summed E-state index contributed by atoms with van der Waals surface area (Å²) in [6.45, 7) is 1.87. The molecule has 0 heterocycles. The van der Waals surface area contributed by atoms with Crippen LogP contribution in [0.15, 0.2) is 18.2 Å². The Morgan fingerprint density at radius 2 is 2.13 bits per heavy atom. The van der Waals surface area contributed by atoms with E-state index >= 15 is 0 Å². The van der Waals surface area contributed by atoms with Crippen molar-refractivity contribution in [3.05, 3.63) is 34.9 Å². The molecule has 0 saturated carbocycles. The van der Waals surface area contributed by atoms with E-state index in [2.05, 4.69) is 12.6 Å². The number of aryl methyl sites for hydroxylation is 1. The maximum atomic E-state index is 9.78. The fourth-order valence-corrected chi connectivity index (χ4v) is 1.54. The van der Waals surface area contributed by atoms with Gasteiger partial charge in [0.2, 0.25) is 0 Å². The zero-order valence-electron chi connectivity index (χ0n) is 8.38. The number of aliphatic hydroxyl groups excluding tert-OH is 2. The second-order valence-electron chi connectivity index (χ2n) is 3.40. The van der Waals surface area contributed by atoms with E-state index < -0.39 is 12.2 Å². The Morgan fingerprint density at radius 1 is 1.47 bits per heavy atom. The van der Waals surface area contributed by atoms with E-state index in [4.69, 9.17) is 5.26 Å². The van der Waals surface area contributed by atoms with Crippen LogP contribution < -0.4 is 0 Å². The predicted molar refractivity (Wildman–Crippen MR) is 60.7 cm³/mol. The average molecular weight is 223 g/mol. The zero-order chi connectivity index (χ0) is 11.4. The van der Waals surface area contributed by atoms with Crippen molar-refractivity contribution in [2.75, 3.05) is 5.75 Å². The molecule has 0 aromatic heterocycles. The first kappa shape index (κ1) is 12.1. The van der Waals surface area contributed by atoms with Crippen molar-refractivity contribution < 1.29 is 10.2 Å². The summed E-state index contributed by atoms with van der Waals surface area (Å²) in [5, 5.41) is 28.1. The second kappa shape index (κ2) is 5.17. The Balaban J connectivity index is 3.12. The summed E-state index contributed by atoms with van der Waals surface area (Å²) < 4.78 is 0. The molecule has 0 aliphatic rings. The molecule has 3 nitrogen and oxygen atoms in total. The second-order valence-corrected chi connectivity index (χ2v) is 3.76. The normalized spacial score (nSPS) is 14.3. The smallest absolute Gasteiger partial charge is 0.107 e. The minimum absolute atomic E-state index is 0.153. The van der Waals surface area contributed by atoms with E-state index in [-0.39, 0.29) is 5.75 Å². The van der Waals surface area contributed by atoms with Gasteiger partial charge >= 0.3 is 0 Å². The van der Waals surface area contributed by atoms with Gasteiger partial charge in [0.05, 0.1) is 17.7 Å². The third kappa shape index (κ3) is 2.72. The van der Waals surface area contributed by atoms with E-state index in [0.717, 1.165) is 5.56 Å². The summed E-state index contributed by atoms with van der Waals surface area (Å²) in [6.07, 6.45) is -2.01. The molecule has 0 fully saturated rings. The predicted octanol–water partition coefficient (Wildman–Crippen LogP) is 1.19. The lowest BCUT2D eigenvalue weighted by Gasteiger charge is -2.17. The molecule has 2 atom stereocenters. The van der Waals surface area contributed by atoms with Crippen LogP contribution in [0.1, 0.15) is 22.8 Å². The largest absolute Gasteiger partial charge is 0.389 e. The Hall–Kier alpha value is -1.02. The molecular weight excluding hydrogens is 210 g/mol. The van der Waals surface area contributed by atoms with Gasteiger partial charge in [-0.2, -0.15) is 17.9 Å². The molecule has 1 aromatic carbocycles. The van der Waals surface area contributed by atoms with Gasteiger partial charge in [-0.1, -0.05) is 17.7 Å². The summed E-state index contributed by atoms with van der Waals surface area (Å²) in [5.74, 6) is 0.153. The van der Waals surface area contributed by atoms with Crippen LogP contribution >= 0.6 is 12.6 Å². The highest BCUT2D eigenvalue weighted by molar-refractivity contribution is 7.80. The highest BCUT2D eigenvalue weighted by atomic mass is 32.1. The van der Waals surface area contributed by atoms with Gasteiger partial charge in [0, 0.05) is 11.3 Å². The molecule has 0 aliphatic heterocycles. The van der Waals surface area contributed by atoms with Gasteiger partial charge in [-0.15, -0.1) is 0 Å². The van der Waals surface area contributed by atoms with E-state index in [1.165, 1.54) is 0 Å². The standard InChI is InChI=1S/C11H13NO2S/c1-7-2-3-8(5-12)9(4-7)11(14)10(13)6-15/h2-4,10-11,13-15H,6H2,1H3. The fourth-order valence-electron chi connectivity index (χ4n) is 1.34. The Labute approximate surface area is 94.4 Å². The molecule has 0 radical (unpaired) electrons. The number of hydrogen-bond donors (Lipinski definition) is 3. The minimum atomic E-state index is -1.06. The molecule has 1 rings (SSSR count). The summed E-state index contributed by atoms with van der Waals surface area (Å²) in [6, 6.07) is 7.12. The van der Waals surface area contributed by atoms with Crippen LogP contribution in [-0.2, 0) is 0 Å². The topological polar surface area (TPSA) is 64.2 Å². The van der Waals surface area contributed by atoms with Crippen molar-refractivity contribution in [2.45, 2.75) is 19.1 Å². The molecule has 0 bridgehead atoms. The molecule has 15 heavy (non-hydrogen) atoms. The molecule has 4 heteroatoms. The van der Waals surface area contributed by atoms with Crippen molar-refractivity contribution in [3.8, 4) is 6.07 Å². The van der Waals surface area contributed by atoms with Crippen LogP contribution in [0.4, 0.5) is 0 Å². The van der Waals surface area contributed by atoms with Crippen LogP contribution in [-0.4, -0.2) is 22.1 Å². The van der Waals surface area contributed by atoms with Gasteiger partial charge in [-0.05, 0) is 13.0 Å². The number of nitrogens with zero attached hydrogens (tertiary/aromatic N) is 1. The van der Waals surface area contributed by atoms with E-state index in [9.17, 15) is 10.2 Å². The quantitative estimate of drug-likeness (QED) is 0.674. The van der Waals surface area contributed by atoms with Crippen molar-refractivity contribution in [3.63, 3.8) is 0 Å². The van der Waals surface area contributed by atoms with Crippen molar-refractivity contribution in [2.24, 2.45) is 0 Å². The number of aliphatic hydroxyl groups is 2. The van der Waals surface area contributed by atoms with E-state index in [0.29, 0.717) is 11.1 Å². The minimum Gasteiger partial charge on any atom is -0.389 e. The van der Waals surface area contributed by atoms with Gasteiger partial charge in [0.25, 0.3) is 0 Å². The first-order valence-corrected chi connectivity index (χ1v) is 5.21. The highest BCUT2D eigenvalue weighted by Gasteiger charge is 2.19. The van der Waals surface area contributed by atoms with Crippen LogP contribution in [0.2, 0.25) is 0 Å². The van der Waals surface area contributed by atoms with Crippen LogP contribution in [0.3, 0.4) is 0 Å². The molecule has 2 unspecified atom stereocenters. The van der Waals surface area contributed by atoms with Crippen molar-refractivity contribution in [1.82, 2.24) is 0 Å². The third-order valence-electron chi connectivity index (χ3n) is 2.20. The lowest BCUT2D eigenvalue weighted by molar-refractivity contribution is 0.0335. The number of hydrogen-bond acceptors (Lipinski definition) is 4. The number of benzene rings is 1. The molecule has 1 aromatic rings. The molecule has 0 spiro atoms. The summed E-state index contributed by atoms with van der Waals surface area (Å²) in [5.41, 5.74) is 1.78. The van der Waals surface area contributed by atoms with Crippen molar-refractivity contribution >= 4 is 12.6 Å². The number of nitriles is 1. The molecule has 0 amide bonds. The zero-order valence-corrected chi connectivity index (χ0v) is 9.28. The lowest BCUT2D eigenvalue weighted by Crippen LogP contribution is -2.20. The Bertz CT molecular complexity index is 387. The van der Waals surface area contributed by atoms with Crippen LogP contribution in [0, 0.1) is 18.3 Å². The van der Waals surface area contributed by atoms with Gasteiger partial charge in [-0.25, -0.2) is 0 Å². The average Bonchev–Trinajstić information content (AvgIpc) is 2.27. The van der Waals surface area contributed by atoms with Crippen LogP contribution in [0.25, 0.3) is 0 Å². The van der Waals surface area contributed by atoms with Gasteiger partial charge < -0.3 is 10.2 Å². The third-order valence-corrected chi connectivity index (χ3v) is 2.57. The first-order chi connectivity index (χ1) is 7.10. The SMILES string of the molecule is Cc1ccc(C#N)c(C(O)C(O)CS)c1. The van der Waals surface area contributed by atoms with Gasteiger partial charge in [0.1, 0.15) is 6.10 Å². The number of thiol groups is 1. The van der Waals surface area contributed by atoms with Crippen LogP contribution in [0.5, 0.6) is 0 Å². The summed E-state index contributed by atoms with van der Waals surface area (Å²) >= 11 is 3.90. The molecule has 80 valence electrons. The Kier molecular flexibility index (Phi) is 4.15. The highest BCUT2D eigenvalue weighted by Crippen LogP contribution is 2.22. The van der Waals surface area contributed by atoms with Crippen molar-refractivity contribution in [1.29, 1.82) is 5.26 Å². The lowest BCUT2D eigenvalue weighted by atomic mass is 9.98. The molecular formula is C11H13NO2S. The van der Waals surface area contributed by atoms with Gasteiger partial charge in [0.15, 0.2) is 0 Å².